The molecule has 6 heteroatoms. The fourth-order valence-electron chi connectivity index (χ4n) is 5.56. The number of benzene rings is 3. The van der Waals surface area contributed by atoms with E-state index in [2.05, 4.69) is 18.7 Å². The lowest BCUT2D eigenvalue weighted by atomic mass is 9.90. The number of rotatable bonds is 8. The minimum Gasteiger partial charge on any atom is -0.507 e. The van der Waals surface area contributed by atoms with Crippen LogP contribution in [0, 0.1) is 20.8 Å². The second-order valence-corrected chi connectivity index (χ2v) is 10.8. The van der Waals surface area contributed by atoms with Crippen molar-refractivity contribution >= 4 is 28.8 Å². The summed E-state index contributed by atoms with van der Waals surface area (Å²) in [7, 11) is 1.62. The van der Waals surface area contributed by atoms with E-state index >= 15 is 0 Å². The molecule has 1 fully saturated rings. The summed E-state index contributed by atoms with van der Waals surface area (Å²) < 4.78 is 5.59. The van der Waals surface area contributed by atoms with E-state index in [9.17, 15) is 14.7 Å². The van der Waals surface area contributed by atoms with Crippen LogP contribution in [-0.2, 0) is 9.59 Å². The number of carbonyl (C=O) groups excluding carboxylic acids is 2. The second-order valence-electron chi connectivity index (χ2n) is 10.8. The summed E-state index contributed by atoms with van der Waals surface area (Å²) in [4.78, 5) is 31.3. The molecule has 1 aliphatic rings. The number of carbonyl (C=O) groups is 2. The molecule has 1 unspecified atom stereocenters. The fraction of sp³-hybridized carbons (Fsp3) is 0.353. The monoisotopic (exact) mass is 540 g/mol. The van der Waals surface area contributed by atoms with Crippen molar-refractivity contribution in [2.75, 3.05) is 30.0 Å². The Morgan fingerprint density at radius 2 is 1.60 bits per heavy atom. The number of nitrogens with zero attached hydrogens (tertiary/aromatic N) is 2. The van der Waals surface area contributed by atoms with Crippen molar-refractivity contribution in [3.05, 3.63) is 93.6 Å². The van der Waals surface area contributed by atoms with Crippen LogP contribution in [0.15, 0.2) is 60.2 Å². The lowest BCUT2D eigenvalue weighted by Crippen LogP contribution is -2.30. The maximum Gasteiger partial charge on any atom is 0.300 e. The third-order valence-corrected chi connectivity index (χ3v) is 7.86. The van der Waals surface area contributed by atoms with Crippen LogP contribution in [0.5, 0.6) is 5.75 Å². The third kappa shape index (κ3) is 5.10. The molecule has 0 bridgehead atoms. The average molecular weight is 541 g/mol. The predicted molar refractivity (Wildman–Crippen MR) is 163 cm³/mol. The zero-order chi connectivity index (χ0) is 29.3. The normalized spacial score (nSPS) is 16.6. The van der Waals surface area contributed by atoms with Gasteiger partial charge in [-0.3, -0.25) is 14.5 Å². The molecule has 1 amide bonds. The number of ether oxygens (including phenoxy) is 1. The maximum absolute atomic E-state index is 13.8. The molecule has 3 aromatic carbocycles. The number of methoxy groups -OCH3 is 1. The highest BCUT2D eigenvalue weighted by Gasteiger charge is 2.47. The lowest BCUT2D eigenvalue weighted by molar-refractivity contribution is -0.132. The standard InChI is InChI=1S/C34H40N2O4/c1-9-35(10-2)25-15-13-24(14-16-25)31-30(32(37)27-19-26(20(3)4)29(40-8)18-23(27)7)33(38)34(39)36(31)28-17-21(5)11-12-22(28)6/h11-20,31,37H,9-10H2,1-8H3/b32-30+. The van der Waals surface area contributed by atoms with Crippen molar-refractivity contribution in [3.63, 3.8) is 0 Å². The van der Waals surface area contributed by atoms with E-state index in [0.29, 0.717) is 11.3 Å². The Labute approximate surface area is 237 Å². The van der Waals surface area contributed by atoms with Crippen molar-refractivity contribution in [1.82, 2.24) is 0 Å². The van der Waals surface area contributed by atoms with Gasteiger partial charge in [-0.25, -0.2) is 0 Å². The Hall–Kier alpha value is -4.06. The van der Waals surface area contributed by atoms with Crippen LogP contribution in [-0.4, -0.2) is 37.0 Å². The molecule has 40 heavy (non-hydrogen) atoms. The van der Waals surface area contributed by atoms with Gasteiger partial charge in [0.1, 0.15) is 11.5 Å². The number of hydrogen-bond donors (Lipinski definition) is 1. The van der Waals surface area contributed by atoms with Crippen LogP contribution in [0.4, 0.5) is 11.4 Å². The molecule has 4 rings (SSSR count). The van der Waals surface area contributed by atoms with Gasteiger partial charge in [0.05, 0.1) is 18.7 Å². The first-order valence-corrected chi connectivity index (χ1v) is 14.0. The minimum atomic E-state index is -0.782. The molecular weight excluding hydrogens is 500 g/mol. The zero-order valence-corrected chi connectivity index (χ0v) is 24.8. The molecule has 0 radical (unpaired) electrons. The Bertz CT molecular complexity index is 1470. The summed E-state index contributed by atoms with van der Waals surface area (Å²) in [5.41, 5.74) is 6.61. The van der Waals surface area contributed by atoms with Crippen molar-refractivity contribution in [2.24, 2.45) is 0 Å². The number of anilines is 2. The molecule has 1 heterocycles. The van der Waals surface area contributed by atoms with Crippen LogP contribution in [0.25, 0.3) is 5.76 Å². The van der Waals surface area contributed by atoms with Gasteiger partial charge in [0.25, 0.3) is 11.7 Å². The van der Waals surface area contributed by atoms with Crippen LogP contribution in [0.1, 0.15) is 73.0 Å². The minimum absolute atomic E-state index is 0.0875. The summed E-state index contributed by atoms with van der Waals surface area (Å²) in [5, 5.41) is 11.8. The maximum atomic E-state index is 13.8. The van der Waals surface area contributed by atoms with Crippen molar-refractivity contribution in [1.29, 1.82) is 0 Å². The van der Waals surface area contributed by atoms with Gasteiger partial charge >= 0.3 is 0 Å². The van der Waals surface area contributed by atoms with Gasteiger partial charge in [-0.05, 0) is 98.7 Å². The van der Waals surface area contributed by atoms with E-state index in [1.54, 1.807) is 12.0 Å². The molecule has 0 spiro atoms. The van der Waals surface area contributed by atoms with Crippen LogP contribution < -0.4 is 14.5 Å². The number of hydrogen-bond acceptors (Lipinski definition) is 5. The Morgan fingerprint density at radius 3 is 2.17 bits per heavy atom. The van der Waals surface area contributed by atoms with E-state index in [1.165, 1.54) is 0 Å². The Balaban J connectivity index is 1.99. The van der Waals surface area contributed by atoms with E-state index in [0.717, 1.165) is 52.3 Å². The lowest BCUT2D eigenvalue weighted by Gasteiger charge is -2.28. The summed E-state index contributed by atoms with van der Waals surface area (Å²) >= 11 is 0. The first-order valence-electron chi connectivity index (χ1n) is 14.0. The molecule has 1 saturated heterocycles. The van der Waals surface area contributed by atoms with Gasteiger partial charge in [0, 0.05) is 30.0 Å². The fourth-order valence-corrected chi connectivity index (χ4v) is 5.56. The molecule has 1 N–H and O–H groups in total. The van der Waals surface area contributed by atoms with Crippen molar-refractivity contribution < 1.29 is 19.4 Å². The molecule has 1 atom stereocenters. The predicted octanol–water partition coefficient (Wildman–Crippen LogP) is 7.22. The summed E-state index contributed by atoms with van der Waals surface area (Å²) in [6, 6.07) is 16.8. The summed E-state index contributed by atoms with van der Waals surface area (Å²) in [5.74, 6) is -0.668. The number of ketones is 1. The van der Waals surface area contributed by atoms with Gasteiger partial charge in [-0.2, -0.15) is 0 Å². The SMILES string of the molecule is CCN(CC)c1ccc(C2/C(=C(\O)c3cc(C(C)C)c(OC)cc3C)C(=O)C(=O)N2c2cc(C)ccc2C)cc1. The van der Waals surface area contributed by atoms with Gasteiger partial charge in [0.2, 0.25) is 0 Å². The summed E-state index contributed by atoms with van der Waals surface area (Å²) in [6.45, 7) is 15.8. The molecule has 0 saturated carbocycles. The zero-order valence-electron chi connectivity index (χ0n) is 24.8. The van der Waals surface area contributed by atoms with Crippen LogP contribution >= 0.6 is 0 Å². The first-order chi connectivity index (χ1) is 19.0. The van der Waals surface area contributed by atoms with Crippen LogP contribution in [0.3, 0.4) is 0 Å². The summed E-state index contributed by atoms with van der Waals surface area (Å²) in [6.07, 6.45) is 0. The van der Waals surface area contributed by atoms with Crippen molar-refractivity contribution in [3.8, 4) is 5.75 Å². The Morgan fingerprint density at radius 1 is 0.950 bits per heavy atom. The van der Waals surface area contributed by atoms with Gasteiger partial charge in [-0.1, -0.05) is 38.1 Å². The van der Waals surface area contributed by atoms with Gasteiger partial charge in [0.15, 0.2) is 0 Å². The molecule has 0 aliphatic carbocycles. The van der Waals surface area contributed by atoms with E-state index in [-0.39, 0.29) is 17.3 Å². The molecule has 1 aliphatic heterocycles. The van der Waals surface area contributed by atoms with E-state index < -0.39 is 17.7 Å². The highest BCUT2D eigenvalue weighted by atomic mass is 16.5. The van der Waals surface area contributed by atoms with E-state index in [4.69, 9.17) is 4.74 Å². The molecular formula is C34H40N2O4. The Kier molecular flexibility index (Phi) is 8.38. The topological polar surface area (TPSA) is 70.1 Å². The highest BCUT2D eigenvalue weighted by molar-refractivity contribution is 6.51. The first kappa shape index (κ1) is 28.9. The highest BCUT2D eigenvalue weighted by Crippen LogP contribution is 2.44. The largest absolute Gasteiger partial charge is 0.507 e. The van der Waals surface area contributed by atoms with Gasteiger partial charge < -0.3 is 14.7 Å². The molecule has 210 valence electrons. The second kappa shape index (κ2) is 11.6. The number of aliphatic hydroxyl groups is 1. The number of aryl methyl sites for hydroxylation is 3. The quantitative estimate of drug-likeness (QED) is 0.186. The average Bonchev–Trinajstić information content (AvgIpc) is 3.20. The van der Waals surface area contributed by atoms with Crippen LogP contribution in [0.2, 0.25) is 0 Å². The number of aliphatic hydroxyl groups excluding tert-OH is 1. The molecule has 3 aromatic rings. The molecule has 0 aromatic heterocycles. The third-order valence-electron chi connectivity index (χ3n) is 7.86. The molecule has 6 nitrogen and oxygen atoms in total. The smallest absolute Gasteiger partial charge is 0.300 e. The van der Waals surface area contributed by atoms with E-state index in [1.807, 2.05) is 89.2 Å². The number of Topliss-reactive ketones (excluding diaryl/α,β-unsaturated/α-hetero) is 1. The van der Waals surface area contributed by atoms with Gasteiger partial charge in [-0.15, -0.1) is 0 Å². The van der Waals surface area contributed by atoms with Crippen molar-refractivity contribution in [2.45, 2.75) is 60.4 Å². The number of amides is 1.